The number of likely N-dealkylation sites (N-methyl/N-ethyl adjacent to an activating group) is 1. The van der Waals surface area contributed by atoms with Gasteiger partial charge in [0.2, 0.25) is 5.96 Å². The highest BCUT2D eigenvalue weighted by Crippen LogP contribution is 2.07. The molecule has 0 heterocycles. The van der Waals surface area contributed by atoms with Gasteiger partial charge in [0, 0.05) is 7.05 Å². The van der Waals surface area contributed by atoms with E-state index in [0.29, 0.717) is 10.6 Å². The Labute approximate surface area is 151 Å². The van der Waals surface area contributed by atoms with Crippen LogP contribution < -0.4 is 0 Å². The van der Waals surface area contributed by atoms with Crippen LogP contribution in [0, 0.1) is 11.3 Å². The molecule has 26 heavy (non-hydrogen) atoms. The molecule has 0 spiro atoms. The largest absolute Gasteiger partial charge is 0.480 e. The third-order valence-corrected chi connectivity index (χ3v) is 3.02. The average Bonchev–Trinajstić information content (AvgIpc) is 2.57. The fourth-order valence-electron chi connectivity index (χ4n) is 1.79. The van der Waals surface area contributed by atoms with Crippen molar-refractivity contribution in [2.24, 2.45) is 5.92 Å². The van der Waals surface area contributed by atoms with Crippen molar-refractivity contribution in [2.75, 3.05) is 20.2 Å². The lowest BCUT2D eigenvalue weighted by atomic mass is 10.2. The van der Waals surface area contributed by atoms with E-state index >= 15 is 0 Å². The number of carbonyl (C=O) groups is 3. The minimum Gasteiger partial charge on any atom is -0.480 e. The first kappa shape index (κ1) is 20.9. The Hall–Kier alpha value is -3.10. The zero-order valence-corrected chi connectivity index (χ0v) is 15.0. The number of hydroxylamine groups is 2. The van der Waals surface area contributed by atoms with Gasteiger partial charge in [-0.05, 0) is 11.5 Å². The normalized spacial score (nSPS) is 10.2. The second kappa shape index (κ2) is 10.0. The molecule has 0 unspecified atom stereocenters. The second-order valence-corrected chi connectivity index (χ2v) is 5.96. The number of carboxylic acid groups (broad SMARTS) is 1. The van der Waals surface area contributed by atoms with Crippen LogP contribution in [0.25, 0.3) is 0 Å². The predicted octanol–water partition coefficient (Wildman–Crippen LogP) is 1.73. The van der Waals surface area contributed by atoms with Crippen molar-refractivity contribution >= 4 is 24.0 Å². The molecule has 0 bridgehead atoms. The maximum atomic E-state index is 12.2. The first-order chi connectivity index (χ1) is 12.2. The Morgan fingerprint density at radius 3 is 2.35 bits per heavy atom. The molecule has 0 aromatic heterocycles. The molecule has 9 nitrogen and oxygen atoms in total. The first-order valence-corrected chi connectivity index (χ1v) is 7.93. The SMILES string of the molecule is CC(C)COC(=O)N(OC(=O)Cc1ccccc1)C(=N)N(C)CC(=O)O. The van der Waals surface area contributed by atoms with Gasteiger partial charge in [-0.1, -0.05) is 49.2 Å². The summed E-state index contributed by atoms with van der Waals surface area (Å²) in [5.74, 6) is -2.58. The Kier molecular flexibility index (Phi) is 8.07. The average molecular weight is 365 g/mol. The molecule has 1 amide bonds. The van der Waals surface area contributed by atoms with E-state index in [4.69, 9.17) is 20.1 Å². The zero-order chi connectivity index (χ0) is 19.7. The molecular formula is C17H23N3O6. The number of carboxylic acids is 1. The van der Waals surface area contributed by atoms with E-state index in [1.807, 2.05) is 13.8 Å². The number of aliphatic carboxylic acids is 1. The monoisotopic (exact) mass is 365 g/mol. The van der Waals surface area contributed by atoms with Gasteiger partial charge in [0.25, 0.3) is 0 Å². The molecule has 0 aliphatic carbocycles. The molecule has 0 fully saturated rings. The standard InChI is InChI=1S/C17H23N3O6/c1-12(2)11-25-17(24)20(16(18)19(3)10-14(21)22)26-15(23)9-13-7-5-4-6-8-13/h4-8,12,18H,9-11H2,1-3H3,(H,21,22). The van der Waals surface area contributed by atoms with Crippen LogP contribution in [0.2, 0.25) is 0 Å². The van der Waals surface area contributed by atoms with Gasteiger partial charge in [0.1, 0.15) is 6.54 Å². The quantitative estimate of drug-likeness (QED) is 0.447. The minimum absolute atomic E-state index is 0.0340. The molecule has 0 saturated heterocycles. The number of amides is 1. The summed E-state index contributed by atoms with van der Waals surface area (Å²) in [7, 11) is 1.28. The lowest BCUT2D eigenvalue weighted by molar-refractivity contribution is -0.168. The predicted molar refractivity (Wildman–Crippen MR) is 92.3 cm³/mol. The third-order valence-electron chi connectivity index (χ3n) is 3.02. The Balaban J connectivity index is 2.84. The number of ether oxygens (including phenoxy) is 1. The van der Waals surface area contributed by atoms with E-state index in [2.05, 4.69) is 0 Å². The molecule has 0 aliphatic heterocycles. The van der Waals surface area contributed by atoms with Gasteiger partial charge < -0.3 is 19.6 Å². The van der Waals surface area contributed by atoms with Gasteiger partial charge in [-0.3, -0.25) is 10.2 Å². The van der Waals surface area contributed by atoms with E-state index in [-0.39, 0.29) is 18.9 Å². The van der Waals surface area contributed by atoms with E-state index in [9.17, 15) is 14.4 Å². The maximum Gasteiger partial charge on any atom is 0.451 e. The lowest BCUT2D eigenvalue weighted by Crippen LogP contribution is -2.48. The number of rotatable bonds is 6. The highest BCUT2D eigenvalue weighted by atomic mass is 16.8. The number of nitrogens with zero attached hydrogens (tertiary/aromatic N) is 2. The number of benzene rings is 1. The summed E-state index contributed by atoms with van der Waals surface area (Å²) in [5.41, 5.74) is 0.665. The van der Waals surface area contributed by atoms with Gasteiger partial charge in [-0.2, -0.15) is 0 Å². The molecule has 2 N–H and O–H groups in total. The summed E-state index contributed by atoms with van der Waals surface area (Å²) >= 11 is 0. The lowest BCUT2D eigenvalue weighted by Gasteiger charge is -2.26. The number of hydrogen-bond donors (Lipinski definition) is 2. The van der Waals surface area contributed by atoms with Crippen molar-refractivity contribution in [1.82, 2.24) is 9.96 Å². The van der Waals surface area contributed by atoms with Crippen molar-refractivity contribution in [3.63, 3.8) is 0 Å². The second-order valence-electron chi connectivity index (χ2n) is 5.96. The zero-order valence-electron chi connectivity index (χ0n) is 15.0. The van der Waals surface area contributed by atoms with Crippen LogP contribution in [0.3, 0.4) is 0 Å². The molecule has 142 valence electrons. The summed E-state index contributed by atoms with van der Waals surface area (Å²) in [4.78, 5) is 41.0. The van der Waals surface area contributed by atoms with Crippen LogP contribution in [-0.4, -0.2) is 59.3 Å². The van der Waals surface area contributed by atoms with Crippen LogP contribution in [0.15, 0.2) is 30.3 Å². The molecule has 0 atom stereocenters. The fourth-order valence-corrected chi connectivity index (χ4v) is 1.79. The van der Waals surface area contributed by atoms with Crippen LogP contribution in [-0.2, 0) is 25.6 Å². The Bertz CT molecular complexity index is 647. The van der Waals surface area contributed by atoms with Gasteiger partial charge in [0.05, 0.1) is 13.0 Å². The molecule has 1 rings (SSSR count). The van der Waals surface area contributed by atoms with Gasteiger partial charge >= 0.3 is 18.0 Å². The summed E-state index contributed by atoms with van der Waals surface area (Å²) in [6.45, 7) is 3.15. The van der Waals surface area contributed by atoms with Crippen molar-refractivity contribution in [3.05, 3.63) is 35.9 Å². The highest BCUT2D eigenvalue weighted by molar-refractivity contribution is 5.93. The maximum absolute atomic E-state index is 12.2. The molecule has 1 aromatic carbocycles. The smallest absolute Gasteiger partial charge is 0.451 e. The van der Waals surface area contributed by atoms with Gasteiger partial charge in [-0.25, -0.2) is 9.59 Å². The number of nitrogens with one attached hydrogen (secondary N) is 1. The van der Waals surface area contributed by atoms with Crippen LogP contribution in [0.5, 0.6) is 0 Å². The topological polar surface area (TPSA) is 120 Å². The molecule has 0 radical (unpaired) electrons. The van der Waals surface area contributed by atoms with Crippen LogP contribution >= 0.6 is 0 Å². The first-order valence-electron chi connectivity index (χ1n) is 7.93. The molecule has 0 saturated carbocycles. The summed E-state index contributed by atoms with van der Waals surface area (Å²) in [6.07, 6.45) is -1.19. The molecule has 1 aromatic rings. The summed E-state index contributed by atoms with van der Waals surface area (Å²) in [6, 6.07) is 8.72. The summed E-state index contributed by atoms with van der Waals surface area (Å²) < 4.78 is 4.99. The third kappa shape index (κ3) is 7.20. The van der Waals surface area contributed by atoms with Crippen molar-refractivity contribution in [3.8, 4) is 0 Å². The van der Waals surface area contributed by atoms with E-state index in [1.165, 1.54) is 7.05 Å². The van der Waals surface area contributed by atoms with Crippen LogP contribution in [0.4, 0.5) is 4.79 Å². The van der Waals surface area contributed by atoms with Crippen molar-refractivity contribution in [1.29, 1.82) is 5.41 Å². The number of hydrogen-bond acceptors (Lipinski definition) is 6. The fraction of sp³-hybridized carbons (Fsp3) is 0.412. The van der Waals surface area contributed by atoms with Crippen LogP contribution in [0.1, 0.15) is 19.4 Å². The van der Waals surface area contributed by atoms with E-state index in [1.54, 1.807) is 30.3 Å². The number of carbonyl (C=O) groups excluding carboxylic acids is 2. The van der Waals surface area contributed by atoms with Crippen molar-refractivity contribution < 1.29 is 29.1 Å². The molecule has 0 aliphatic rings. The minimum atomic E-state index is -1.21. The summed E-state index contributed by atoms with van der Waals surface area (Å²) in [5, 5.41) is 17.1. The van der Waals surface area contributed by atoms with Gasteiger partial charge in [0.15, 0.2) is 0 Å². The van der Waals surface area contributed by atoms with E-state index in [0.717, 1.165) is 4.90 Å². The van der Waals surface area contributed by atoms with E-state index < -0.39 is 30.5 Å². The van der Waals surface area contributed by atoms with Crippen molar-refractivity contribution in [2.45, 2.75) is 20.3 Å². The Morgan fingerprint density at radius 1 is 1.19 bits per heavy atom. The van der Waals surface area contributed by atoms with Gasteiger partial charge in [-0.15, -0.1) is 0 Å². The molecular weight excluding hydrogens is 342 g/mol. The highest BCUT2D eigenvalue weighted by Gasteiger charge is 2.28. The number of guanidine groups is 1. The Morgan fingerprint density at radius 2 is 1.81 bits per heavy atom. The molecule has 9 heteroatoms.